The Morgan fingerprint density at radius 1 is 1.12 bits per heavy atom. The highest BCUT2D eigenvalue weighted by atomic mass is 16.5. The van der Waals surface area contributed by atoms with Gasteiger partial charge in [0.15, 0.2) is 0 Å². The van der Waals surface area contributed by atoms with E-state index in [1.54, 1.807) is 0 Å². The molecule has 3 rings (SSSR count). The lowest BCUT2D eigenvalue weighted by Gasteiger charge is -2.38. The summed E-state index contributed by atoms with van der Waals surface area (Å²) < 4.78 is 5.12. The molecule has 0 radical (unpaired) electrons. The molecule has 1 heterocycles. The first-order valence-corrected chi connectivity index (χ1v) is 8.94. The Balaban J connectivity index is 1.71. The summed E-state index contributed by atoms with van der Waals surface area (Å²) >= 11 is 0. The fourth-order valence-electron chi connectivity index (χ4n) is 3.63. The van der Waals surface area contributed by atoms with Crippen molar-refractivity contribution < 1.29 is 9.53 Å². The second kappa shape index (κ2) is 8.67. The summed E-state index contributed by atoms with van der Waals surface area (Å²) in [5.41, 5.74) is 2.34. The Morgan fingerprint density at radius 3 is 2.48 bits per heavy atom. The molecule has 1 aliphatic rings. The second-order valence-corrected chi connectivity index (χ2v) is 6.54. The zero-order chi connectivity index (χ0) is 17.5. The van der Waals surface area contributed by atoms with E-state index in [-0.39, 0.29) is 24.0 Å². The fourth-order valence-corrected chi connectivity index (χ4v) is 3.63. The molecule has 1 fully saturated rings. The van der Waals surface area contributed by atoms with Crippen molar-refractivity contribution in [3.63, 3.8) is 0 Å². The highest BCUT2D eigenvalue weighted by Gasteiger charge is 2.38. The van der Waals surface area contributed by atoms with Crippen LogP contribution in [0.4, 0.5) is 5.69 Å². The molecule has 0 saturated carbocycles. The van der Waals surface area contributed by atoms with Crippen molar-refractivity contribution in [3.8, 4) is 0 Å². The minimum Gasteiger partial charge on any atom is -0.469 e. The Labute approximate surface area is 149 Å². The van der Waals surface area contributed by atoms with Crippen molar-refractivity contribution in [2.45, 2.75) is 31.3 Å². The molecule has 3 atom stereocenters. The maximum absolute atomic E-state index is 12.5. The van der Waals surface area contributed by atoms with E-state index in [2.05, 4.69) is 34.9 Å². The molecule has 2 aromatic rings. The summed E-state index contributed by atoms with van der Waals surface area (Å²) in [5, 5.41) is 7.06. The van der Waals surface area contributed by atoms with Crippen LogP contribution in [0.2, 0.25) is 0 Å². The third-order valence-corrected chi connectivity index (χ3v) is 4.91. The summed E-state index contributed by atoms with van der Waals surface area (Å²) in [6.45, 7) is 0.900. The molecule has 1 saturated heterocycles. The predicted molar refractivity (Wildman–Crippen MR) is 101 cm³/mol. The Bertz CT molecular complexity index is 660. The van der Waals surface area contributed by atoms with Crippen molar-refractivity contribution in [1.29, 1.82) is 0 Å². The van der Waals surface area contributed by atoms with Gasteiger partial charge >= 0.3 is 5.97 Å². The molecule has 3 unspecified atom stereocenters. The van der Waals surface area contributed by atoms with Crippen molar-refractivity contribution in [3.05, 3.63) is 66.2 Å². The van der Waals surface area contributed by atoms with Gasteiger partial charge in [-0.2, -0.15) is 0 Å². The van der Waals surface area contributed by atoms with Gasteiger partial charge < -0.3 is 15.4 Å². The fraction of sp³-hybridized carbons (Fsp3) is 0.381. The van der Waals surface area contributed by atoms with Crippen LogP contribution >= 0.6 is 0 Å². The van der Waals surface area contributed by atoms with Gasteiger partial charge in [0, 0.05) is 17.8 Å². The molecule has 2 aromatic carbocycles. The third-order valence-electron chi connectivity index (χ3n) is 4.91. The number of hydrogen-bond donors (Lipinski definition) is 2. The largest absolute Gasteiger partial charge is 0.469 e. The molecule has 0 aliphatic carbocycles. The van der Waals surface area contributed by atoms with Crippen LogP contribution in [-0.2, 0) is 16.0 Å². The van der Waals surface area contributed by atoms with E-state index in [0.717, 1.165) is 31.5 Å². The number of benzene rings is 2. The summed E-state index contributed by atoms with van der Waals surface area (Å²) in [7, 11) is 1.48. The number of rotatable bonds is 6. The van der Waals surface area contributed by atoms with Gasteiger partial charge in [0.2, 0.25) is 0 Å². The molecule has 25 heavy (non-hydrogen) atoms. The number of esters is 1. The zero-order valence-electron chi connectivity index (χ0n) is 14.7. The minimum atomic E-state index is -0.192. The van der Waals surface area contributed by atoms with E-state index in [1.807, 2.05) is 36.4 Å². The number of anilines is 1. The predicted octanol–water partition coefficient (Wildman–Crippen LogP) is 3.25. The number of methoxy groups -OCH3 is 1. The average Bonchev–Trinajstić information content (AvgIpc) is 2.67. The average molecular weight is 338 g/mol. The Morgan fingerprint density at radius 2 is 1.80 bits per heavy atom. The van der Waals surface area contributed by atoms with Crippen molar-refractivity contribution in [1.82, 2.24) is 5.32 Å². The minimum absolute atomic E-state index is 0.0804. The smallest absolute Gasteiger partial charge is 0.312 e. The lowest BCUT2D eigenvalue weighted by Crippen LogP contribution is -2.54. The summed E-state index contributed by atoms with van der Waals surface area (Å²) in [6, 6.07) is 20.7. The summed E-state index contributed by atoms with van der Waals surface area (Å²) in [5.74, 6) is -0.332. The summed E-state index contributed by atoms with van der Waals surface area (Å²) in [4.78, 5) is 12.5. The number of para-hydroxylation sites is 1. The molecule has 0 bridgehead atoms. The SMILES string of the molecule is COC(=O)C1C(CCc2ccccc2)NCCC1Nc1ccccc1. The Hall–Kier alpha value is -2.33. The Kier molecular flexibility index (Phi) is 6.07. The van der Waals surface area contributed by atoms with Gasteiger partial charge in [0.05, 0.1) is 13.0 Å². The van der Waals surface area contributed by atoms with E-state index in [0.29, 0.717) is 0 Å². The number of aryl methyl sites for hydroxylation is 1. The van der Waals surface area contributed by atoms with Crippen LogP contribution in [0.5, 0.6) is 0 Å². The highest BCUT2D eigenvalue weighted by molar-refractivity contribution is 5.75. The molecule has 1 aliphatic heterocycles. The third kappa shape index (κ3) is 4.60. The number of piperidine rings is 1. The van der Waals surface area contributed by atoms with Gasteiger partial charge in [0.1, 0.15) is 0 Å². The van der Waals surface area contributed by atoms with Gasteiger partial charge in [-0.3, -0.25) is 4.79 Å². The van der Waals surface area contributed by atoms with Crippen LogP contribution in [0.1, 0.15) is 18.4 Å². The number of carbonyl (C=O) groups is 1. The monoisotopic (exact) mass is 338 g/mol. The van der Waals surface area contributed by atoms with Crippen LogP contribution < -0.4 is 10.6 Å². The van der Waals surface area contributed by atoms with E-state index in [9.17, 15) is 4.79 Å². The lowest BCUT2D eigenvalue weighted by molar-refractivity contribution is -0.147. The molecule has 0 amide bonds. The van der Waals surface area contributed by atoms with Crippen LogP contribution in [0.25, 0.3) is 0 Å². The van der Waals surface area contributed by atoms with Crippen LogP contribution in [-0.4, -0.2) is 31.7 Å². The van der Waals surface area contributed by atoms with Crippen LogP contribution in [0, 0.1) is 5.92 Å². The maximum Gasteiger partial charge on any atom is 0.312 e. The highest BCUT2D eigenvalue weighted by Crippen LogP contribution is 2.25. The molecular weight excluding hydrogens is 312 g/mol. The number of ether oxygens (including phenoxy) is 1. The molecular formula is C21H26N2O2. The van der Waals surface area contributed by atoms with Crippen molar-refractivity contribution >= 4 is 11.7 Å². The van der Waals surface area contributed by atoms with Crippen LogP contribution in [0.3, 0.4) is 0 Å². The van der Waals surface area contributed by atoms with Gasteiger partial charge in [-0.05, 0) is 43.5 Å². The topological polar surface area (TPSA) is 50.4 Å². The molecule has 0 spiro atoms. The van der Waals surface area contributed by atoms with E-state index < -0.39 is 0 Å². The zero-order valence-corrected chi connectivity index (χ0v) is 14.7. The van der Waals surface area contributed by atoms with Gasteiger partial charge in [0.25, 0.3) is 0 Å². The molecule has 2 N–H and O–H groups in total. The normalized spacial score (nSPS) is 23.0. The van der Waals surface area contributed by atoms with Gasteiger partial charge in [-0.1, -0.05) is 48.5 Å². The van der Waals surface area contributed by atoms with Crippen molar-refractivity contribution in [2.75, 3.05) is 19.0 Å². The quantitative estimate of drug-likeness (QED) is 0.794. The maximum atomic E-state index is 12.5. The summed E-state index contributed by atoms with van der Waals surface area (Å²) in [6.07, 6.45) is 2.76. The van der Waals surface area contributed by atoms with Gasteiger partial charge in [-0.15, -0.1) is 0 Å². The lowest BCUT2D eigenvalue weighted by atomic mass is 9.83. The van der Waals surface area contributed by atoms with Crippen LogP contribution in [0.15, 0.2) is 60.7 Å². The van der Waals surface area contributed by atoms with Crippen molar-refractivity contribution in [2.24, 2.45) is 5.92 Å². The molecule has 132 valence electrons. The van der Waals surface area contributed by atoms with E-state index >= 15 is 0 Å². The van der Waals surface area contributed by atoms with E-state index in [1.165, 1.54) is 12.7 Å². The first-order valence-electron chi connectivity index (χ1n) is 8.94. The first-order chi connectivity index (χ1) is 12.3. The molecule has 4 heteroatoms. The number of carbonyl (C=O) groups excluding carboxylic acids is 1. The number of nitrogens with one attached hydrogen (secondary N) is 2. The second-order valence-electron chi connectivity index (χ2n) is 6.54. The number of hydrogen-bond acceptors (Lipinski definition) is 4. The molecule has 4 nitrogen and oxygen atoms in total. The first kappa shape index (κ1) is 17.5. The standard InChI is InChI=1S/C21H26N2O2/c1-25-21(24)20-18(13-12-16-8-4-2-5-9-16)22-15-14-19(20)23-17-10-6-3-7-11-17/h2-11,18-20,22-23H,12-15H2,1H3. The van der Waals surface area contributed by atoms with Gasteiger partial charge in [-0.25, -0.2) is 0 Å². The van der Waals surface area contributed by atoms with E-state index in [4.69, 9.17) is 4.74 Å². The molecule has 0 aromatic heterocycles.